The Labute approximate surface area is 163 Å². The predicted octanol–water partition coefficient (Wildman–Crippen LogP) is 3.32. The number of primary amides is 1. The van der Waals surface area contributed by atoms with Crippen molar-refractivity contribution < 1.29 is 18.8 Å². The highest BCUT2D eigenvalue weighted by Gasteiger charge is 2.16. The SMILES string of the molecule is NC(=O)CSc1ccccc1C(=O)OCc1noc(-c2ccccc2Cl)n1. The number of halogens is 1. The first kappa shape index (κ1) is 18.9. The topological polar surface area (TPSA) is 108 Å². The van der Waals surface area contributed by atoms with Crippen molar-refractivity contribution in [3.63, 3.8) is 0 Å². The van der Waals surface area contributed by atoms with Crippen LogP contribution in [-0.2, 0) is 16.1 Å². The van der Waals surface area contributed by atoms with Crippen molar-refractivity contribution in [1.29, 1.82) is 0 Å². The average molecular weight is 404 g/mol. The van der Waals surface area contributed by atoms with Gasteiger partial charge >= 0.3 is 5.97 Å². The summed E-state index contributed by atoms with van der Waals surface area (Å²) >= 11 is 7.26. The van der Waals surface area contributed by atoms with Gasteiger partial charge in [0.25, 0.3) is 5.89 Å². The number of thioether (sulfide) groups is 1. The Morgan fingerprint density at radius 3 is 2.67 bits per heavy atom. The summed E-state index contributed by atoms with van der Waals surface area (Å²) < 4.78 is 10.4. The van der Waals surface area contributed by atoms with Crippen LogP contribution in [0.3, 0.4) is 0 Å². The van der Waals surface area contributed by atoms with E-state index in [1.165, 1.54) is 11.8 Å². The van der Waals surface area contributed by atoms with Crippen LogP contribution in [0.2, 0.25) is 5.02 Å². The minimum absolute atomic E-state index is 0.0658. The highest BCUT2D eigenvalue weighted by molar-refractivity contribution is 8.00. The lowest BCUT2D eigenvalue weighted by Gasteiger charge is -2.07. The van der Waals surface area contributed by atoms with Gasteiger partial charge in [-0.1, -0.05) is 41.0 Å². The summed E-state index contributed by atoms with van der Waals surface area (Å²) in [6.45, 7) is -0.165. The van der Waals surface area contributed by atoms with Crippen molar-refractivity contribution in [3.05, 3.63) is 64.9 Å². The van der Waals surface area contributed by atoms with E-state index in [0.29, 0.717) is 21.0 Å². The lowest BCUT2D eigenvalue weighted by Crippen LogP contribution is -2.14. The molecule has 2 N–H and O–H groups in total. The Morgan fingerprint density at radius 1 is 1.15 bits per heavy atom. The third-order valence-corrected chi connectivity index (χ3v) is 4.81. The molecule has 1 amide bonds. The number of nitrogens with two attached hydrogens (primary N) is 1. The van der Waals surface area contributed by atoms with Crippen LogP contribution in [0.15, 0.2) is 57.9 Å². The molecule has 1 aromatic heterocycles. The molecular weight excluding hydrogens is 390 g/mol. The summed E-state index contributed by atoms with van der Waals surface area (Å²) in [7, 11) is 0. The van der Waals surface area contributed by atoms with Crippen LogP contribution in [0.4, 0.5) is 0 Å². The van der Waals surface area contributed by atoms with E-state index < -0.39 is 11.9 Å². The van der Waals surface area contributed by atoms with Crippen molar-refractivity contribution in [2.24, 2.45) is 5.73 Å². The standard InChI is InChI=1S/C18H14ClN3O4S/c19-13-7-3-1-5-11(13)17-21-16(22-26-17)9-25-18(24)12-6-2-4-8-14(12)27-10-15(20)23/h1-8H,9-10H2,(H2,20,23). The molecule has 3 aromatic rings. The molecule has 2 aromatic carbocycles. The van der Waals surface area contributed by atoms with E-state index >= 15 is 0 Å². The third-order valence-electron chi connectivity index (χ3n) is 3.38. The van der Waals surface area contributed by atoms with E-state index in [0.717, 1.165) is 0 Å². The number of hydrogen-bond acceptors (Lipinski definition) is 7. The largest absolute Gasteiger partial charge is 0.454 e. The Balaban J connectivity index is 1.67. The molecule has 7 nitrogen and oxygen atoms in total. The third kappa shape index (κ3) is 4.87. The molecule has 9 heteroatoms. The maximum absolute atomic E-state index is 12.4. The molecular formula is C18H14ClN3O4S. The van der Waals surface area contributed by atoms with Gasteiger partial charge in [-0.15, -0.1) is 11.8 Å². The molecule has 0 bridgehead atoms. The number of ether oxygens (including phenoxy) is 1. The van der Waals surface area contributed by atoms with Crippen LogP contribution in [0, 0.1) is 0 Å². The smallest absolute Gasteiger partial charge is 0.339 e. The number of carbonyl (C=O) groups is 2. The molecule has 0 fully saturated rings. The number of esters is 1. The van der Waals surface area contributed by atoms with Gasteiger partial charge in [-0.3, -0.25) is 4.79 Å². The van der Waals surface area contributed by atoms with Crippen LogP contribution in [-0.4, -0.2) is 27.8 Å². The average Bonchev–Trinajstić information content (AvgIpc) is 3.14. The maximum Gasteiger partial charge on any atom is 0.339 e. The van der Waals surface area contributed by atoms with Gasteiger partial charge in [0, 0.05) is 4.90 Å². The number of nitrogens with zero attached hydrogens (tertiary/aromatic N) is 2. The Morgan fingerprint density at radius 2 is 1.89 bits per heavy atom. The molecule has 1 heterocycles. The summed E-state index contributed by atoms with van der Waals surface area (Å²) in [4.78, 5) is 28.1. The van der Waals surface area contributed by atoms with Gasteiger partial charge in [-0.25, -0.2) is 4.79 Å². The quantitative estimate of drug-likeness (QED) is 0.476. The summed E-state index contributed by atoms with van der Waals surface area (Å²) in [5.74, 6) is -0.519. The van der Waals surface area contributed by atoms with Crippen LogP contribution in [0.1, 0.15) is 16.2 Å². The summed E-state index contributed by atoms with van der Waals surface area (Å²) in [5, 5.41) is 4.27. The summed E-state index contributed by atoms with van der Waals surface area (Å²) in [6.07, 6.45) is 0. The lowest BCUT2D eigenvalue weighted by atomic mass is 10.2. The second-order valence-corrected chi connectivity index (χ2v) is 6.75. The minimum atomic E-state index is -0.563. The highest BCUT2D eigenvalue weighted by atomic mass is 35.5. The molecule has 0 spiro atoms. The number of carbonyl (C=O) groups excluding carboxylic acids is 2. The van der Waals surface area contributed by atoms with Gasteiger partial charge in [-0.05, 0) is 24.3 Å². The summed E-state index contributed by atoms with van der Waals surface area (Å²) in [5.41, 5.74) is 6.08. The van der Waals surface area contributed by atoms with Crippen LogP contribution in [0.5, 0.6) is 0 Å². The molecule has 0 aliphatic rings. The van der Waals surface area contributed by atoms with Gasteiger partial charge < -0.3 is 15.0 Å². The zero-order valence-corrected chi connectivity index (χ0v) is 15.5. The fraction of sp³-hybridized carbons (Fsp3) is 0.111. The fourth-order valence-corrected chi connectivity index (χ4v) is 3.17. The molecule has 0 atom stereocenters. The van der Waals surface area contributed by atoms with Crippen molar-refractivity contribution in [1.82, 2.24) is 10.1 Å². The second kappa shape index (κ2) is 8.70. The molecule has 138 valence electrons. The number of benzene rings is 2. The minimum Gasteiger partial charge on any atom is -0.454 e. The predicted molar refractivity (Wildman–Crippen MR) is 100 cm³/mol. The molecule has 0 unspecified atom stereocenters. The van der Waals surface area contributed by atoms with Gasteiger partial charge in [0.15, 0.2) is 6.61 Å². The van der Waals surface area contributed by atoms with Crippen molar-refractivity contribution >= 4 is 35.2 Å². The first-order chi connectivity index (χ1) is 13.0. The second-order valence-electron chi connectivity index (χ2n) is 5.32. The molecule has 0 saturated carbocycles. The van der Waals surface area contributed by atoms with Crippen molar-refractivity contribution in [3.8, 4) is 11.5 Å². The van der Waals surface area contributed by atoms with Crippen LogP contribution in [0.25, 0.3) is 11.5 Å². The normalized spacial score (nSPS) is 10.6. The first-order valence-corrected chi connectivity index (χ1v) is 9.15. The van der Waals surface area contributed by atoms with Crippen molar-refractivity contribution in [2.75, 3.05) is 5.75 Å². The van der Waals surface area contributed by atoms with Gasteiger partial charge in [0.2, 0.25) is 11.7 Å². The van der Waals surface area contributed by atoms with E-state index in [-0.39, 0.29) is 24.1 Å². The van der Waals surface area contributed by atoms with Gasteiger partial charge in [0.1, 0.15) is 0 Å². The number of aromatic nitrogens is 2. The number of amides is 1. The lowest BCUT2D eigenvalue weighted by molar-refractivity contribution is -0.115. The molecule has 0 radical (unpaired) electrons. The van der Waals surface area contributed by atoms with E-state index in [1.807, 2.05) is 0 Å². The number of rotatable bonds is 7. The Bertz CT molecular complexity index is 977. The van der Waals surface area contributed by atoms with E-state index in [1.54, 1.807) is 48.5 Å². The Kier molecular flexibility index (Phi) is 6.10. The number of hydrogen-bond donors (Lipinski definition) is 1. The van der Waals surface area contributed by atoms with Crippen LogP contribution < -0.4 is 5.73 Å². The molecule has 0 aliphatic heterocycles. The van der Waals surface area contributed by atoms with Gasteiger partial charge in [0.05, 0.1) is 21.9 Å². The zero-order chi connectivity index (χ0) is 19.2. The molecule has 3 rings (SSSR count). The van der Waals surface area contributed by atoms with E-state index in [2.05, 4.69) is 10.1 Å². The molecule has 0 saturated heterocycles. The highest BCUT2D eigenvalue weighted by Crippen LogP contribution is 2.26. The zero-order valence-electron chi connectivity index (χ0n) is 13.9. The van der Waals surface area contributed by atoms with E-state index in [9.17, 15) is 9.59 Å². The monoisotopic (exact) mass is 403 g/mol. The maximum atomic E-state index is 12.4. The van der Waals surface area contributed by atoms with Crippen LogP contribution >= 0.6 is 23.4 Å². The first-order valence-electron chi connectivity index (χ1n) is 7.79. The Hall–Kier alpha value is -2.84. The van der Waals surface area contributed by atoms with Gasteiger partial charge in [-0.2, -0.15) is 4.98 Å². The fourth-order valence-electron chi connectivity index (χ4n) is 2.17. The molecule has 27 heavy (non-hydrogen) atoms. The van der Waals surface area contributed by atoms with E-state index in [4.69, 9.17) is 26.6 Å². The van der Waals surface area contributed by atoms with Crippen molar-refractivity contribution in [2.45, 2.75) is 11.5 Å². The summed E-state index contributed by atoms with van der Waals surface area (Å²) in [6, 6.07) is 13.8. The molecule has 0 aliphatic carbocycles.